The molecule has 2 aliphatic heterocycles. The third kappa shape index (κ3) is 4.26. The molecule has 0 aromatic heterocycles. The Balaban J connectivity index is 1.64. The van der Waals surface area contributed by atoms with Crippen LogP contribution in [0.3, 0.4) is 0 Å². The van der Waals surface area contributed by atoms with E-state index in [2.05, 4.69) is 43.0 Å². The van der Waals surface area contributed by atoms with Crippen LogP contribution >= 0.6 is 0 Å². The summed E-state index contributed by atoms with van der Waals surface area (Å²) < 4.78 is 5.61. The fourth-order valence-corrected chi connectivity index (χ4v) is 4.48. The summed E-state index contributed by atoms with van der Waals surface area (Å²) in [7, 11) is 1.68. The van der Waals surface area contributed by atoms with E-state index in [0.29, 0.717) is 19.0 Å². The van der Waals surface area contributed by atoms with Gasteiger partial charge in [-0.25, -0.2) is 5.01 Å². The minimum absolute atomic E-state index is 0.0572. The molecule has 2 aromatic carbocycles. The second kappa shape index (κ2) is 9.00. The van der Waals surface area contributed by atoms with E-state index in [1.807, 2.05) is 24.3 Å². The number of hydrazone groups is 1. The number of nitrogens with zero attached hydrogens (tertiary/aromatic N) is 3. The van der Waals surface area contributed by atoms with Crippen molar-refractivity contribution in [2.75, 3.05) is 20.2 Å². The first kappa shape index (κ1) is 20.6. The number of amides is 1. The molecule has 2 heterocycles. The Morgan fingerprint density at radius 1 is 1.13 bits per heavy atom. The molecule has 1 saturated heterocycles. The number of aryl methyl sites for hydroxylation is 1. The van der Waals surface area contributed by atoms with Crippen LogP contribution in [0, 0.1) is 6.92 Å². The van der Waals surface area contributed by atoms with E-state index < -0.39 is 0 Å². The summed E-state index contributed by atoms with van der Waals surface area (Å²) in [4.78, 5) is 15.7. The van der Waals surface area contributed by atoms with Gasteiger partial charge in [0.15, 0.2) is 0 Å². The van der Waals surface area contributed by atoms with Crippen molar-refractivity contribution in [3.63, 3.8) is 0 Å². The molecule has 2 aromatic rings. The van der Waals surface area contributed by atoms with Gasteiger partial charge in [0.1, 0.15) is 5.75 Å². The highest BCUT2D eigenvalue weighted by Crippen LogP contribution is 2.37. The zero-order valence-electron chi connectivity index (χ0n) is 18.2. The van der Waals surface area contributed by atoms with Gasteiger partial charge in [0, 0.05) is 18.0 Å². The van der Waals surface area contributed by atoms with Crippen molar-refractivity contribution in [3.8, 4) is 5.75 Å². The summed E-state index contributed by atoms with van der Waals surface area (Å²) in [5, 5.41) is 6.53. The van der Waals surface area contributed by atoms with Gasteiger partial charge in [-0.2, -0.15) is 5.10 Å². The molecule has 0 aliphatic carbocycles. The van der Waals surface area contributed by atoms with Gasteiger partial charge in [-0.3, -0.25) is 9.69 Å². The van der Waals surface area contributed by atoms with Gasteiger partial charge in [-0.1, -0.05) is 54.4 Å². The first-order valence-corrected chi connectivity index (χ1v) is 10.9. The van der Waals surface area contributed by atoms with Crippen molar-refractivity contribution in [1.82, 2.24) is 9.91 Å². The van der Waals surface area contributed by atoms with Crippen molar-refractivity contribution in [2.24, 2.45) is 5.10 Å². The van der Waals surface area contributed by atoms with Crippen LogP contribution in [0.5, 0.6) is 5.75 Å². The van der Waals surface area contributed by atoms with Crippen molar-refractivity contribution in [1.29, 1.82) is 0 Å². The van der Waals surface area contributed by atoms with Crippen LogP contribution in [0.15, 0.2) is 53.6 Å². The van der Waals surface area contributed by atoms with E-state index in [0.717, 1.165) is 42.0 Å². The number of carbonyl (C=O) groups excluding carboxylic acids is 1. The molecule has 5 nitrogen and oxygen atoms in total. The molecule has 0 saturated carbocycles. The average Bonchev–Trinajstić information content (AvgIpc) is 3.21. The zero-order valence-corrected chi connectivity index (χ0v) is 18.2. The molecule has 158 valence electrons. The monoisotopic (exact) mass is 405 g/mol. The number of methoxy groups -OCH3 is 1. The Morgan fingerprint density at radius 3 is 2.63 bits per heavy atom. The van der Waals surface area contributed by atoms with E-state index >= 15 is 0 Å². The highest BCUT2D eigenvalue weighted by atomic mass is 16.5. The number of ether oxygens (including phenoxy) is 1. The van der Waals surface area contributed by atoms with E-state index in [1.165, 1.54) is 12.0 Å². The lowest BCUT2D eigenvalue weighted by Crippen LogP contribution is -2.44. The van der Waals surface area contributed by atoms with Crippen molar-refractivity contribution < 1.29 is 9.53 Å². The number of piperidine rings is 1. The summed E-state index contributed by atoms with van der Waals surface area (Å²) in [5.74, 6) is 0.855. The van der Waals surface area contributed by atoms with Gasteiger partial charge < -0.3 is 4.74 Å². The number of likely N-dealkylation sites (tertiary alicyclic amines) is 1. The second-order valence-electron chi connectivity index (χ2n) is 8.43. The van der Waals surface area contributed by atoms with Crippen LogP contribution in [-0.2, 0) is 4.79 Å². The van der Waals surface area contributed by atoms with Gasteiger partial charge in [-0.05, 0) is 44.9 Å². The smallest absolute Gasteiger partial charge is 0.257 e. The lowest BCUT2D eigenvalue weighted by atomic mass is 9.97. The summed E-state index contributed by atoms with van der Waals surface area (Å²) in [6, 6.07) is 16.6. The molecule has 0 unspecified atom stereocenters. The molecule has 4 rings (SSSR count). The van der Waals surface area contributed by atoms with Crippen LogP contribution in [0.4, 0.5) is 0 Å². The molecule has 0 bridgehead atoms. The lowest BCUT2D eigenvalue weighted by Gasteiger charge is -2.34. The maximum atomic E-state index is 13.4. The van der Waals surface area contributed by atoms with Crippen LogP contribution in [0.1, 0.15) is 55.3 Å². The number of carbonyl (C=O) groups is 1. The van der Waals surface area contributed by atoms with E-state index in [9.17, 15) is 4.79 Å². The number of hydrogen-bond acceptors (Lipinski definition) is 4. The molecule has 0 N–H and O–H groups in total. The summed E-state index contributed by atoms with van der Waals surface area (Å²) in [6.07, 6.45) is 4.24. The Morgan fingerprint density at radius 2 is 1.90 bits per heavy atom. The largest absolute Gasteiger partial charge is 0.496 e. The van der Waals surface area contributed by atoms with Crippen LogP contribution in [-0.4, -0.2) is 47.8 Å². The van der Waals surface area contributed by atoms with Crippen LogP contribution < -0.4 is 4.74 Å². The highest BCUT2D eigenvalue weighted by Gasteiger charge is 2.35. The number of hydrogen-bond donors (Lipinski definition) is 0. The first-order valence-electron chi connectivity index (χ1n) is 10.9. The normalized spacial score (nSPS) is 22.1. The SMILES string of the molecule is COc1ccccc1[C@@H]1CC(c2ccc(C)cc2)=NN1C(=O)CN1CCCC[C@@H]1C. The van der Waals surface area contributed by atoms with Gasteiger partial charge in [0.25, 0.3) is 5.91 Å². The molecule has 0 spiro atoms. The van der Waals surface area contributed by atoms with Crippen LogP contribution in [0.2, 0.25) is 0 Å². The summed E-state index contributed by atoms with van der Waals surface area (Å²) >= 11 is 0. The van der Waals surface area contributed by atoms with E-state index in [1.54, 1.807) is 12.1 Å². The molecule has 5 heteroatoms. The van der Waals surface area contributed by atoms with E-state index in [4.69, 9.17) is 9.84 Å². The number of para-hydroxylation sites is 1. The van der Waals surface area contributed by atoms with Gasteiger partial charge in [-0.15, -0.1) is 0 Å². The molecule has 2 atom stereocenters. The first-order chi connectivity index (χ1) is 14.6. The van der Waals surface area contributed by atoms with Gasteiger partial charge in [0.2, 0.25) is 0 Å². The maximum absolute atomic E-state index is 13.4. The van der Waals surface area contributed by atoms with Crippen molar-refractivity contribution >= 4 is 11.6 Å². The van der Waals surface area contributed by atoms with Crippen molar-refractivity contribution in [3.05, 3.63) is 65.2 Å². The molecule has 1 amide bonds. The molecule has 0 radical (unpaired) electrons. The minimum Gasteiger partial charge on any atom is -0.496 e. The van der Waals surface area contributed by atoms with E-state index in [-0.39, 0.29) is 11.9 Å². The Bertz CT molecular complexity index is 922. The topological polar surface area (TPSA) is 45.1 Å². The fraction of sp³-hybridized carbons (Fsp3) is 0.440. The molecule has 30 heavy (non-hydrogen) atoms. The predicted octanol–water partition coefficient (Wildman–Crippen LogP) is 4.56. The summed E-state index contributed by atoms with van der Waals surface area (Å²) in [5.41, 5.74) is 4.24. The lowest BCUT2D eigenvalue weighted by molar-refractivity contribution is -0.135. The summed E-state index contributed by atoms with van der Waals surface area (Å²) in [6.45, 7) is 5.69. The standard InChI is InChI=1S/C25H31N3O2/c1-18-11-13-20(14-12-18)22-16-23(21-9-4-5-10-24(21)30-3)28(26-22)25(29)17-27-15-7-6-8-19(27)2/h4-5,9-14,19,23H,6-8,15-17H2,1-3H3/t19-,23-/m0/s1. The maximum Gasteiger partial charge on any atom is 0.257 e. The Kier molecular flexibility index (Phi) is 6.18. The third-order valence-electron chi connectivity index (χ3n) is 6.33. The molecule has 2 aliphatic rings. The minimum atomic E-state index is -0.148. The Labute approximate surface area is 179 Å². The predicted molar refractivity (Wildman–Crippen MR) is 120 cm³/mol. The molecular weight excluding hydrogens is 374 g/mol. The Hall–Kier alpha value is -2.66. The van der Waals surface area contributed by atoms with Gasteiger partial charge in [0.05, 0.1) is 25.4 Å². The third-order valence-corrected chi connectivity index (χ3v) is 6.33. The average molecular weight is 406 g/mol. The van der Waals surface area contributed by atoms with Gasteiger partial charge >= 0.3 is 0 Å². The molecular formula is C25H31N3O2. The quantitative estimate of drug-likeness (QED) is 0.733. The van der Waals surface area contributed by atoms with Crippen LogP contribution in [0.25, 0.3) is 0 Å². The number of benzene rings is 2. The molecule has 1 fully saturated rings. The van der Waals surface area contributed by atoms with Crippen molar-refractivity contribution in [2.45, 2.75) is 51.6 Å². The fourth-order valence-electron chi connectivity index (χ4n) is 4.48. The second-order valence-corrected chi connectivity index (χ2v) is 8.43. The zero-order chi connectivity index (χ0) is 21.1. The highest BCUT2D eigenvalue weighted by molar-refractivity contribution is 6.03. The number of rotatable bonds is 5.